The number of nitrogens with one attached hydrogen (secondary N) is 2. The maximum Gasteiger partial charge on any atom is 0.307 e. The molecule has 1 aliphatic carbocycles. The molecule has 2 rings (SSSR count). The highest BCUT2D eigenvalue weighted by Crippen LogP contribution is 2.58. The maximum atomic E-state index is 12.5. The highest BCUT2D eigenvalue weighted by atomic mass is 16.5. The number of methoxy groups -OCH3 is 1. The van der Waals surface area contributed by atoms with Gasteiger partial charge in [0.15, 0.2) is 0 Å². The lowest BCUT2D eigenvalue weighted by Crippen LogP contribution is -2.27. The first-order chi connectivity index (χ1) is 12.1. The molecule has 142 valence electrons. The Morgan fingerprint density at radius 2 is 1.88 bits per heavy atom. The normalized spacial score (nSPS) is 20.4. The van der Waals surface area contributed by atoms with E-state index in [4.69, 9.17) is 4.74 Å². The quantitative estimate of drug-likeness (QED) is 0.691. The van der Waals surface area contributed by atoms with Gasteiger partial charge in [-0.3, -0.25) is 14.4 Å². The second kappa shape index (κ2) is 7.35. The van der Waals surface area contributed by atoms with Crippen LogP contribution in [0.3, 0.4) is 0 Å². The van der Waals surface area contributed by atoms with E-state index in [1.807, 2.05) is 13.8 Å². The SMILES string of the molecule is COc1ccc(C(=O)NCC(C)C)cc1NC(=O)C1C(C(=O)O)C1(C)C. The van der Waals surface area contributed by atoms with E-state index in [0.717, 1.165) is 0 Å². The van der Waals surface area contributed by atoms with Crippen LogP contribution in [0.15, 0.2) is 18.2 Å². The van der Waals surface area contributed by atoms with E-state index >= 15 is 0 Å². The Bertz CT molecular complexity index is 727. The summed E-state index contributed by atoms with van der Waals surface area (Å²) in [5, 5.41) is 14.8. The topological polar surface area (TPSA) is 105 Å². The molecule has 1 fully saturated rings. The van der Waals surface area contributed by atoms with Gasteiger partial charge in [-0.2, -0.15) is 0 Å². The molecule has 1 aromatic carbocycles. The molecule has 2 amide bonds. The molecule has 3 N–H and O–H groups in total. The number of amides is 2. The molecule has 0 aliphatic heterocycles. The summed E-state index contributed by atoms with van der Waals surface area (Å²) >= 11 is 0. The third-order valence-corrected chi connectivity index (χ3v) is 4.77. The number of benzene rings is 1. The van der Waals surface area contributed by atoms with E-state index in [1.54, 1.807) is 26.0 Å². The van der Waals surface area contributed by atoms with Crippen molar-refractivity contribution in [3.05, 3.63) is 23.8 Å². The lowest BCUT2D eigenvalue weighted by atomic mass is 10.1. The number of hydrogen-bond donors (Lipinski definition) is 3. The van der Waals surface area contributed by atoms with Gasteiger partial charge in [-0.15, -0.1) is 0 Å². The van der Waals surface area contributed by atoms with Crippen LogP contribution < -0.4 is 15.4 Å². The predicted octanol–water partition coefficient (Wildman–Crippen LogP) is 2.38. The zero-order valence-electron chi connectivity index (χ0n) is 15.8. The molecule has 0 bridgehead atoms. The van der Waals surface area contributed by atoms with Gasteiger partial charge in [-0.1, -0.05) is 27.7 Å². The van der Waals surface area contributed by atoms with E-state index in [-0.39, 0.29) is 11.8 Å². The summed E-state index contributed by atoms with van der Waals surface area (Å²) < 4.78 is 5.24. The molecule has 7 heteroatoms. The molecule has 2 atom stereocenters. The molecule has 1 saturated carbocycles. The molecule has 0 saturated heterocycles. The zero-order valence-corrected chi connectivity index (χ0v) is 15.8. The summed E-state index contributed by atoms with van der Waals surface area (Å²) in [6, 6.07) is 4.76. The Morgan fingerprint density at radius 3 is 2.38 bits per heavy atom. The Hall–Kier alpha value is -2.57. The van der Waals surface area contributed by atoms with Gasteiger partial charge in [0.05, 0.1) is 24.6 Å². The first-order valence-corrected chi connectivity index (χ1v) is 8.59. The average molecular weight is 362 g/mol. The van der Waals surface area contributed by atoms with Crippen LogP contribution in [-0.4, -0.2) is 36.5 Å². The fourth-order valence-electron chi connectivity index (χ4n) is 3.14. The van der Waals surface area contributed by atoms with Crippen molar-refractivity contribution in [1.82, 2.24) is 5.32 Å². The Morgan fingerprint density at radius 1 is 1.23 bits per heavy atom. The fourth-order valence-corrected chi connectivity index (χ4v) is 3.14. The van der Waals surface area contributed by atoms with E-state index in [1.165, 1.54) is 13.2 Å². The van der Waals surface area contributed by atoms with Gasteiger partial charge in [0, 0.05) is 12.1 Å². The summed E-state index contributed by atoms with van der Waals surface area (Å²) in [6.45, 7) is 8.04. The zero-order chi connectivity index (χ0) is 19.6. The number of rotatable bonds is 7. The standard InChI is InChI=1S/C19H26N2O5/c1-10(2)9-20-16(22)11-6-7-13(26-5)12(8-11)21-17(23)14-15(18(24)25)19(14,3)4/h6-8,10,14-15H,9H2,1-5H3,(H,20,22)(H,21,23)(H,24,25). The van der Waals surface area contributed by atoms with Crippen LogP contribution in [-0.2, 0) is 9.59 Å². The number of carboxylic acid groups (broad SMARTS) is 1. The number of carbonyl (C=O) groups excluding carboxylic acids is 2. The minimum atomic E-state index is -0.982. The van der Waals surface area contributed by atoms with Gasteiger partial charge < -0.3 is 20.5 Å². The van der Waals surface area contributed by atoms with Gasteiger partial charge in [-0.05, 0) is 29.5 Å². The predicted molar refractivity (Wildman–Crippen MR) is 97.2 cm³/mol. The number of carboxylic acids is 1. The summed E-state index contributed by atoms with van der Waals surface area (Å²) in [7, 11) is 1.46. The molecule has 1 aromatic rings. The largest absolute Gasteiger partial charge is 0.495 e. The second-order valence-corrected chi connectivity index (χ2v) is 7.62. The molecule has 0 radical (unpaired) electrons. The monoisotopic (exact) mass is 362 g/mol. The van der Waals surface area contributed by atoms with Crippen molar-refractivity contribution < 1.29 is 24.2 Å². The molecule has 2 unspecified atom stereocenters. The van der Waals surface area contributed by atoms with Crippen molar-refractivity contribution in [3.63, 3.8) is 0 Å². The summed E-state index contributed by atoms with van der Waals surface area (Å²) in [4.78, 5) is 36.1. The lowest BCUT2D eigenvalue weighted by molar-refractivity contribution is -0.140. The first-order valence-electron chi connectivity index (χ1n) is 8.59. The molecule has 0 heterocycles. The minimum Gasteiger partial charge on any atom is -0.495 e. The third kappa shape index (κ3) is 3.98. The van der Waals surface area contributed by atoms with Crippen LogP contribution in [0.25, 0.3) is 0 Å². The van der Waals surface area contributed by atoms with Gasteiger partial charge in [-0.25, -0.2) is 0 Å². The van der Waals surface area contributed by atoms with Gasteiger partial charge >= 0.3 is 5.97 Å². The molecule has 0 spiro atoms. The Balaban J connectivity index is 2.18. The Labute approximate surface area is 153 Å². The third-order valence-electron chi connectivity index (χ3n) is 4.77. The molecule has 26 heavy (non-hydrogen) atoms. The number of hydrogen-bond acceptors (Lipinski definition) is 4. The van der Waals surface area contributed by atoms with Crippen molar-refractivity contribution in [1.29, 1.82) is 0 Å². The van der Waals surface area contributed by atoms with Crippen LogP contribution in [0, 0.1) is 23.2 Å². The van der Waals surface area contributed by atoms with E-state index in [2.05, 4.69) is 10.6 Å². The molecule has 7 nitrogen and oxygen atoms in total. The number of anilines is 1. The lowest BCUT2D eigenvalue weighted by Gasteiger charge is -2.13. The van der Waals surface area contributed by atoms with Crippen LogP contribution in [0.5, 0.6) is 5.75 Å². The summed E-state index contributed by atoms with van der Waals surface area (Å²) in [5.74, 6) is -2.23. The molecular weight excluding hydrogens is 336 g/mol. The van der Waals surface area contributed by atoms with Crippen LogP contribution in [0.2, 0.25) is 0 Å². The average Bonchev–Trinajstić information content (AvgIpc) is 3.15. The highest BCUT2D eigenvalue weighted by Gasteiger charge is 2.65. The Kier molecular flexibility index (Phi) is 5.59. The van der Waals surface area contributed by atoms with Gasteiger partial charge in [0.25, 0.3) is 5.91 Å². The maximum absolute atomic E-state index is 12.5. The van der Waals surface area contributed by atoms with E-state index < -0.39 is 23.2 Å². The van der Waals surface area contributed by atoms with Crippen LogP contribution >= 0.6 is 0 Å². The number of ether oxygens (including phenoxy) is 1. The molecule has 0 aromatic heterocycles. The van der Waals surface area contributed by atoms with Gasteiger partial charge in [0.1, 0.15) is 5.75 Å². The van der Waals surface area contributed by atoms with Crippen LogP contribution in [0.1, 0.15) is 38.1 Å². The van der Waals surface area contributed by atoms with Crippen molar-refractivity contribution in [3.8, 4) is 5.75 Å². The van der Waals surface area contributed by atoms with Crippen LogP contribution in [0.4, 0.5) is 5.69 Å². The highest BCUT2D eigenvalue weighted by molar-refractivity contribution is 6.02. The van der Waals surface area contributed by atoms with Gasteiger partial charge in [0.2, 0.25) is 5.91 Å². The van der Waals surface area contributed by atoms with Crippen molar-refractivity contribution in [2.75, 3.05) is 19.0 Å². The van der Waals surface area contributed by atoms with E-state index in [0.29, 0.717) is 29.5 Å². The van der Waals surface area contributed by atoms with E-state index in [9.17, 15) is 19.5 Å². The second-order valence-electron chi connectivity index (χ2n) is 7.62. The number of carbonyl (C=O) groups is 3. The summed E-state index contributed by atoms with van der Waals surface area (Å²) in [6.07, 6.45) is 0. The smallest absolute Gasteiger partial charge is 0.307 e. The molecule has 1 aliphatic rings. The van der Waals surface area contributed by atoms with Crippen molar-refractivity contribution in [2.45, 2.75) is 27.7 Å². The number of aliphatic carboxylic acids is 1. The first kappa shape index (κ1) is 19.8. The van der Waals surface area contributed by atoms with Crippen molar-refractivity contribution in [2.24, 2.45) is 23.2 Å². The molecular formula is C19H26N2O5. The van der Waals surface area contributed by atoms with Crippen molar-refractivity contribution >= 4 is 23.5 Å². The summed E-state index contributed by atoms with van der Waals surface area (Å²) in [5.41, 5.74) is 0.142. The fraction of sp³-hybridized carbons (Fsp3) is 0.526. The minimum absolute atomic E-state index is 0.244.